The molecule has 0 bridgehead atoms. The first kappa shape index (κ1) is 24.1. The third-order valence-electron chi connectivity index (χ3n) is 6.18. The second-order valence-electron chi connectivity index (χ2n) is 8.74. The van der Waals surface area contributed by atoms with E-state index in [4.69, 9.17) is 13.9 Å². The van der Waals surface area contributed by atoms with Gasteiger partial charge in [-0.15, -0.1) is 0 Å². The molecule has 186 valence electrons. The van der Waals surface area contributed by atoms with Gasteiger partial charge in [0.1, 0.15) is 11.5 Å². The van der Waals surface area contributed by atoms with Gasteiger partial charge in [0, 0.05) is 30.1 Å². The summed E-state index contributed by atoms with van der Waals surface area (Å²) in [6, 6.07) is 27.7. The van der Waals surface area contributed by atoms with Gasteiger partial charge in [0.2, 0.25) is 5.89 Å². The van der Waals surface area contributed by atoms with Crippen molar-refractivity contribution in [2.75, 3.05) is 13.7 Å². The van der Waals surface area contributed by atoms with Crippen molar-refractivity contribution in [3.8, 4) is 22.9 Å². The first-order valence-corrected chi connectivity index (χ1v) is 12.2. The number of nitrogens with zero attached hydrogens (tertiary/aromatic N) is 2. The topological polar surface area (TPSA) is 66.5 Å². The van der Waals surface area contributed by atoms with Crippen LogP contribution in [0.25, 0.3) is 17.1 Å². The first-order chi connectivity index (χ1) is 18.1. The molecule has 0 N–H and O–H groups in total. The summed E-state index contributed by atoms with van der Waals surface area (Å²) in [5, 5.41) is 0. The predicted octanol–water partition coefficient (Wildman–Crippen LogP) is 6.44. The van der Waals surface area contributed by atoms with Crippen molar-refractivity contribution < 1.29 is 18.7 Å². The summed E-state index contributed by atoms with van der Waals surface area (Å²) >= 11 is 0. The van der Waals surface area contributed by atoms with E-state index in [0.29, 0.717) is 30.9 Å². The van der Waals surface area contributed by atoms with Crippen LogP contribution in [0.2, 0.25) is 0 Å². The Bertz CT molecular complexity index is 1490. The van der Waals surface area contributed by atoms with Gasteiger partial charge in [-0.05, 0) is 60.9 Å². The minimum atomic E-state index is -0.352. The lowest BCUT2D eigenvalue weighted by molar-refractivity contribution is 0.0600. The number of benzene rings is 3. The number of hydrogen-bond acceptors (Lipinski definition) is 5. The molecule has 0 amide bonds. The highest BCUT2D eigenvalue weighted by atomic mass is 16.5. The molecule has 2 aromatic heterocycles. The minimum absolute atomic E-state index is 0.352. The number of para-hydroxylation sites is 1. The Labute approximate surface area is 216 Å². The summed E-state index contributed by atoms with van der Waals surface area (Å²) in [6.07, 6.45) is 5.01. The summed E-state index contributed by atoms with van der Waals surface area (Å²) in [4.78, 5) is 17.1. The number of hydrogen-bond donors (Lipinski definition) is 0. The quantitative estimate of drug-likeness (QED) is 0.222. The molecule has 2 heterocycles. The number of carbonyl (C=O) groups excluding carboxylic acids is 1. The second kappa shape index (κ2) is 11.0. The molecule has 0 saturated carbocycles. The van der Waals surface area contributed by atoms with Gasteiger partial charge in [-0.1, -0.05) is 48.5 Å². The molecule has 0 saturated heterocycles. The average molecular weight is 493 g/mol. The Balaban J connectivity index is 1.27. The molecule has 6 nitrogen and oxygen atoms in total. The van der Waals surface area contributed by atoms with Gasteiger partial charge in [-0.25, -0.2) is 9.78 Å². The monoisotopic (exact) mass is 492 g/mol. The van der Waals surface area contributed by atoms with Gasteiger partial charge < -0.3 is 18.5 Å². The molecule has 37 heavy (non-hydrogen) atoms. The van der Waals surface area contributed by atoms with Crippen molar-refractivity contribution in [3.63, 3.8) is 0 Å². The molecule has 3 aromatic carbocycles. The van der Waals surface area contributed by atoms with Gasteiger partial charge in [0.05, 0.1) is 25.0 Å². The lowest BCUT2D eigenvalue weighted by Gasteiger charge is -2.08. The average Bonchev–Trinajstić information content (AvgIpc) is 3.53. The van der Waals surface area contributed by atoms with E-state index >= 15 is 0 Å². The van der Waals surface area contributed by atoms with Crippen LogP contribution in [0, 0.1) is 6.92 Å². The molecular weight excluding hydrogens is 464 g/mol. The lowest BCUT2D eigenvalue weighted by Crippen LogP contribution is -2.04. The normalized spacial score (nSPS) is 10.9. The van der Waals surface area contributed by atoms with Crippen LogP contribution >= 0.6 is 0 Å². The highest BCUT2D eigenvalue weighted by Crippen LogP contribution is 2.24. The molecule has 0 radical (unpaired) electrons. The fourth-order valence-electron chi connectivity index (χ4n) is 4.28. The summed E-state index contributed by atoms with van der Waals surface area (Å²) in [5.41, 5.74) is 5.30. The van der Waals surface area contributed by atoms with Crippen molar-refractivity contribution in [2.45, 2.75) is 19.8 Å². The number of aryl methyl sites for hydroxylation is 1. The molecule has 5 rings (SSSR count). The molecule has 5 aromatic rings. The first-order valence-electron chi connectivity index (χ1n) is 12.2. The molecule has 0 atom stereocenters. The maximum absolute atomic E-state index is 12.5. The third-order valence-corrected chi connectivity index (χ3v) is 6.18. The maximum Gasteiger partial charge on any atom is 0.339 e. The van der Waals surface area contributed by atoms with Crippen LogP contribution in [0.3, 0.4) is 0 Å². The molecule has 0 aliphatic rings. The van der Waals surface area contributed by atoms with Crippen LogP contribution in [0.4, 0.5) is 0 Å². The van der Waals surface area contributed by atoms with E-state index in [-0.39, 0.29) is 5.97 Å². The van der Waals surface area contributed by atoms with Crippen molar-refractivity contribution in [1.29, 1.82) is 0 Å². The van der Waals surface area contributed by atoms with Gasteiger partial charge in [0.25, 0.3) is 0 Å². The fourth-order valence-corrected chi connectivity index (χ4v) is 4.28. The summed E-state index contributed by atoms with van der Waals surface area (Å²) in [6.45, 7) is 2.40. The van der Waals surface area contributed by atoms with E-state index in [2.05, 4.69) is 4.98 Å². The fraction of sp³-hybridized carbons (Fsp3) is 0.161. The van der Waals surface area contributed by atoms with E-state index in [9.17, 15) is 4.79 Å². The van der Waals surface area contributed by atoms with Crippen molar-refractivity contribution >= 4 is 5.97 Å². The highest BCUT2D eigenvalue weighted by Gasteiger charge is 2.17. The van der Waals surface area contributed by atoms with Crippen LogP contribution in [-0.2, 0) is 17.6 Å². The van der Waals surface area contributed by atoms with Crippen LogP contribution in [0.15, 0.2) is 102 Å². The standard InChI is InChI=1S/C31H28N2O4/c1-22-29(32-30(37-22)24-11-5-3-6-12-24)16-17-36-27-15-9-10-23(19-27)18-25-20-33(21-28(25)31(34)35-2)26-13-7-4-8-14-26/h3-15,19-21H,16-18H2,1-2H3. The van der Waals surface area contributed by atoms with Crippen molar-refractivity contribution in [2.24, 2.45) is 0 Å². The number of carbonyl (C=O) groups is 1. The SMILES string of the molecule is COC(=O)c1cn(-c2ccccc2)cc1Cc1cccc(OCCc2nc(-c3ccccc3)oc2C)c1. The number of esters is 1. The van der Waals surface area contributed by atoms with Gasteiger partial charge in [-0.3, -0.25) is 0 Å². The third kappa shape index (κ3) is 5.64. The second-order valence-corrected chi connectivity index (χ2v) is 8.74. The zero-order valence-electron chi connectivity index (χ0n) is 20.9. The zero-order chi connectivity index (χ0) is 25.6. The highest BCUT2D eigenvalue weighted by molar-refractivity contribution is 5.91. The summed E-state index contributed by atoms with van der Waals surface area (Å²) in [7, 11) is 1.40. The Morgan fingerprint density at radius 3 is 2.46 bits per heavy atom. The van der Waals surface area contributed by atoms with Crippen LogP contribution in [-0.4, -0.2) is 29.2 Å². The molecule has 0 aliphatic carbocycles. The molecule has 0 spiro atoms. The Morgan fingerprint density at radius 1 is 0.946 bits per heavy atom. The largest absolute Gasteiger partial charge is 0.493 e. The molecule has 0 unspecified atom stereocenters. The van der Waals surface area contributed by atoms with Crippen molar-refractivity contribution in [3.05, 3.63) is 125 Å². The van der Waals surface area contributed by atoms with E-state index in [1.54, 1.807) is 0 Å². The minimum Gasteiger partial charge on any atom is -0.493 e. The smallest absolute Gasteiger partial charge is 0.339 e. The lowest BCUT2D eigenvalue weighted by atomic mass is 10.0. The number of aromatic nitrogens is 2. The van der Waals surface area contributed by atoms with E-state index in [0.717, 1.165) is 39.6 Å². The Morgan fingerprint density at radius 2 is 1.70 bits per heavy atom. The van der Waals surface area contributed by atoms with Gasteiger partial charge in [-0.2, -0.15) is 0 Å². The molecule has 0 aliphatic heterocycles. The molecule has 6 heteroatoms. The number of methoxy groups -OCH3 is 1. The molecule has 0 fully saturated rings. The van der Waals surface area contributed by atoms with Crippen LogP contribution in [0.5, 0.6) is 5.75 Å². The summed E-state index contributed by atoms with van der Waals surface area (Å²) < 4.78 is 18.9. The van der Waals surface area contributed by atoms with E-state index < -0.39 is 0 Å². The molecular formula is C31H28N2O4. The number of ether oxygens (including phenoxy) is 2. The zero-order valence-corrected chi connectivity index (χ0v) is 20.9. The van der Waals surface area contributed by atoms with E-state index in [1.165, 1.54) is 7.11 Å². The Kier molecular flexibility index (Phi) is 7.17. The van der Waals surface area contributed by atoms with Gasteiger partial charge >= 0.3 is 5.97 Å². The number of rotatable bonds is 9. The van der Waals surface area contributed by atoms with Gasteiger partial charge in [0.15, 0.2) is 0 Å². The van der Waals surface area contributed by atoms with Crippen LogP contribution < -0.4 is 4.74 Å². The Hall–Kier alpha value is -4.58. The number of oxazole rings is 1. The van der Waals surface area contributed by atoms with Crippen LogP contribution in [0.1, 0.15) is 32.9 Å². The predicted molar refractivity (Wildman–Crippen MR) is 142 cm³/mol. The summed E-state index contributed by atoms with van der Waals surface area (Å²) in [5.74, 6) is 1.84. The van der Waals surface area contributed by atoms with E-state index in [1.807, 2.05) is 109 Å². The maximum atomic E-state index is 12.5. The van der Waals surface area contributed by atoms with Crippen molar-refractivity contribution in [1.82, 2.24) is 9.55 Å².